The number of nitrogens with zero attached hydrogens (tertiary/aromatic N) is 4. The number of hydrazone groups is 1. The van der Waals surface area contributed by atoms with E-state index in [4.69, 9.17) is 9.84 Å². The number of rotatable bonds is 5. The van der Waals surface area contributed by atoms with Gasteiger partial charge >= 0.3 is 0 Å². The van der Waals surface area contributed by atoms with E-state index in [2.05, 4.69) is 52.9 Å². The number of hydrogen-bond acceptors (Lipinski definition) is 5. The lowest BCUT2D eigenvalue weighted by atomic mass is 10.0. The quantitative estimate of drug-likeness (QED) is 0.814. The van der Waals surface area contributed by atoms with E-state index in [1.165, 1.54) is 41.2 Å². The fraction of sp³-hybridized carbons (Fsp3) is 0.571. The topological polar surface area (TPSA) is 31.3 Å². The van der Waals surface area contributed by atoms with E-state index in [9.17, 15) is 0 Å². The normalized spacial score (nSPS) is 21.2. The molecule has 5 heteroatoms. The molecule has 0 amide bonds. The Bertz CT molecular complexity index is 706. The first-order valence-corrected chi connectivity index (χ1v) is 9.88. The van der Waals surface area contributed by atoms with Gasteiger partial charge < -0.3 is 9.64 Å². The average molecular weight is 354 g/mol. The number of para-hydroxylation sites is 1. The molecule has 140 valence electrons. The third-order valence-corrected chi connectivity index (χ3v) is 5.83. The predicted molar refractivity (Wildman–Crippen MR) is 107 cm³/mol. The van der Waals surface area contributed by atoms with Gasteiger partial charge in [0, 0.05) is 50.4 Å². The summed E-state index contributed by atoms with van der Waals surface area (Å²) in [6.45, 7) is 12.7. The average Bonchev–Trinajstić information content (AvgIpc) is 3.10. The summed E-state index contributed by atoms with van der Waals surface area (Å²) in [6.07, 6.45) is 2.28. The first-order chi connectivity index (χ1) is 12.7. The van der Waals surface area contributed by atoms with Gasteiger partial charge in [0.05, 0.1) is 31.2 Å². The molecule has 0 aliphatic carbocycles. The minimum absolute atomic E-state index is 0.890. The van der Waals surface area contributed by atoms with Crippen LogP contribution < -0.4 is 5.01 Å². The van der Waals surface area contributed by atoms with Crippen molar-refractivity contribution in [3.05, 3.63) is 41.1 Å². The van der Waals surface area contributed by atoms with Crippen LogP contribution in [0.2, 0.25) is 0 Å². The Morgan fingerprint density at radius 1 is 1.04 bits per heavy atom. The SMILES string of the molecule is CC1=C2CN(c3ccccc3C)N=C2CCN1CCCN1CCOCC1. The van der Waals surface area contributed by atoms with Gasteiger partial charge in [-0.15, -0.1) is 0 Å². The molecule has 0 aromatic heterocycles. The van der Waals surface area contributed by atoms with Gasteiger partial charge in [0.2, 0.25) is 0 Å². The summed E-state index contributed by atoms with van der Waals surface area (Å²) in [7, 11) is 0. The van der Waals surface area contributed by atoms with E-state index < -0.39 is 0 Å². The summed E-state index contributed by atoms with van der Waals surface area (Å²) in [5.74, 6) is 0. The molecule has 0 radical (unpaired) electrons. The molecule has 1 fully saturated rings. The smallest absolute Gasteiger partial charge is 0.0702 e. The van der Waals surface area contributed by atoms with Crippen molar-refractivity contribution in [3.8, 4) is 0 Å². The van der Waals surface area contributed by atoms with Crippen molar-refractivity contribution in [2.45, 2.75) is 26.7 Å². The fourth-order valence-electron chi connectivity index (χ4n) is 4.19. The van der Waals surface area contributed by atoms with Gasteiger partial charge in [-0.3, -0.25) is 9.91 Å². The van der Waals surface area contributed by atoms with E-state index in [0.29, 0.717) is 0 Å². The van der Waals surface area contributed by atoms with Gasteiger partial charge in [0.1, 0.15) is 0 Å². The molecule has 3 heterocycles. The Labute approximate surface area is 156 Å². The number of hydrogen-bond donors (Lipinski definition) is 0. The van der Waals surface area contributed by atoms with Crippen LogP contribution in [0.25, 0.3) is 0 Å². The summed E-state index contributed by atoms with van der Waals surface area (Å²) in [6, 6.07) is 8.53. The second-order valence-corrected chi connectivity index (χ2v) is 7.50. The lowest BCUT2D eigenvalue weighted by Crippen LogP contribution is -2.39. The first kappa shape index (κ1) is 17.6. The lowest BCUT2D eigenvalue weighted by Gasteiger charge is -2.32. The molecule has 4 rings (SSSR count). The maximum Gasteiger partial charge on any atom is 0.0702 e. The van der Waals surface area contributed by atoms with Crippen molar-refractivity contribution in [1.82, 2.24) is 9.80 Å². The van der Waals surface area contributed by atoms with Gasteiger partial charge in [-0.25, -0.2) is 0 Å². The minimum Gasteiger partial charge on any atom is -0.379 e. The summed E-state index contributed by atoms with van der Waals surface area (Å²) < 4.78 is 5.44. The molecule has 0 bridgehead atoms. The number of fused-ring (bicyclic) bond motifs is 1. The molecule has 26 heavy (non-hydrogen) atoms. The minimum atomic E-state index is 0.890. The molecule has 1 aromatic rings. The molecule has 0 atom stereocenters. The number of ether oxygens (including phenoxy) is 1. The first-order valence-electron chi connectivity index (χ1n) is 9.88. The largest absolute Gasteiger partial charge is 0.379 e. The van der Waals surface area contributed by atoms with E-state index in [-0.39, 0.29) is 0 Å². The summed E-state index contributed by atoms with van der Waals surface area (Å²) in [4.78, 5) is 5.09. The highest BCUT2D eigenvalue weighted by molar-refractivity contribution is 6.05. The number of allylic oxidation sites excluding steroid dienone is 1. The molecule has 0 saturated carbocycles. The van der Waals surface area contributed by atoms with Crippen LogP contribution in [0.1, 0.15) is 25.3 Å². The molecule has 0 spiro atoms. The number of aryl methyl sites for hydroxylation is 1. The van der Waals surface area contributed by atoms with Crippen LogP contribution in [0, 0.1) is 6.92 Å². The van der Waals surface area contributed by atoms with Crippen LogP contribution in [0.4, 0.5) is 5.69 Å². The summed E-state index contributed by atoms with van der Waals surface area (Å²) in [5, 5.41) is 7.10. The maximum atomic E-state index is 5.44. The van der Waals surface area contributed by atoms with Crippen LogP contribution in [0.5, 0.6) is 0 Å². The standard InChI is InChI=1S/C21H30N4O/c1-17-6-3-4-7-21(17)25-16-19-18(2)24(11-8-20(19)22-25)10-5-9-23-12-14-26-15-13-23/h3-4,6-7H,5,8-16H2,1-2H3. The van der Waals surface area contributed by atoms with Crippen molar-refractivity contribution in [2.75, 3.05) is 57.5 Å². The molecule has 3 aliphatic rings. The maximum absolute atomic E-state index is 5.44. The Hall–Kier alpha value is -1.85. The Morgan fingerprint density at radius 3 is 2.65 bits per heavy atom. The number of benzene rings is 1. The predicted octanol–water partition coefficient (Wildman–Crippen LogP) is 2.87. The second-order valence-electron chi connectivity index (χ2n) is 7.50. The van der Waals surface area contributed by atoms with E-state index in [1.807, 2.05) is 0 Å². The third kappa shape index (κ3) is 3.64. The third-order valence-electron chi connectivity index (χ3n) is 5.83. The molecule has 1 aromatic carbocycles. The van der Waals surface area contributed by atoms with Gasteiger partial charge in [-0.05, 0) is 31.9 Å². The second kappa shape index (κ2) is 7.80. The van der Waals surface area contributed by atoms with E-state index in [0.717, 1.165) is 52.4 Å². The van der Waals surface area contributed by atoms with Gasteiger partial charge in [0.15, 0.2) is 0 Å². The Morgan fingerprint density at radius 2 is 1.85 bits per heavy atom. The van der Waals surface area contributed by atoms with Crippen LogP contribution in [0.3, 0.4) is 0 Å². The van der Waals surface area contributed by atoms with Crippen LogP contribution >= 0.6 is 0 Å². The van der Waals surface area contributed by atoms with E-state index in [1.54, 1.807) is 0 Å². The highest BCUT2D eigenvalue weighted by Crippen LogP contribution is 2.31. The molecular formula is C21H30N4O. The van der Waals surface area contributed by atoms with E-state index >= 15 is 0 Å². The van der Waals surface area contributed by atoms with Gasteiger partial charge in [-0.1, -0.05) is 18.2 Å². The molecule has 0 unspecified atom stereocenters. The van der Waals surface area contributed by atoms with Crippen molar-refractivity contribution < 1.29 is 4.74 Å². The van der Waals surface area contributed by atoms with Crippen molar-refractivity contribution in [3.63, 3.8) is 0 Å². The molecule has 5 nitrogen and oxygen atoms in total. The zero-order valence-corrected chi connectivity index (χ0v) is 16.1. The Kier molecular flexibility index (Phi) is 5.27. The van der Waals surface area contributed by atoms with Crippen molar-refractivity contribution >= 4 is 11.4 Å². The zero-order valence-electron chi connectivity index (χ0n) is 16.1. The highest BCUT2D eigenvalue weighted by atomic mass is 16.5. The summed E-state index contributed by atoms with van der Waals surface area (Å²) in [5.41, 5.74) is 6.67. The number of anilines is 1. The van der Waals surface area contributed by atoms with Crippen molar-refractivity contribution in [1.29, 1.82) is 0 Å². The zero-order chi connectivity index (χ0) is 17.9. The molecule has 1 saturated heterocycles. The Balaban J connectivity index is 1.38. The fourth-order valence-corrected chi connectivity index (χ4v) is 4.19. The monoisotopic (exact) mass is 354 g/mol. The summed E-state index contributed by atoms with van der Waals surface area (Å²) >= 11 is 0. The lowest BCUT2D eigenvalue weighted by molar-refractivity contribution is 0.0365. The molecule has 0 N–H and O–H groups in total. The van der Waals surface area contributed by atoms with Crippen LogP contribution in [0.15, 0.2) is 40.6 Å². The van der Waals surface area contributed by atoms with Gasteiger partial charge in [-0.2, -0.15) is 5.10 Å². The molecule has 3 aliphatic heterocycles. The highest BCUT2D eigenvalue weighted by Gasteiger charge is 2.29. The number of morpholine rings is 1. The molecular weight excluding hydrogens is 324 g/mol. The van der Waals surface area contributed by atoms with Crippen molar-refractivity contribution in [2.24, 2.45) is 5.10 Å². The van der Waals surface area contributed by atoms with Crippen LogP contribution in [-0.4, -0.2) is 68.0 Å². The van der Waals surface area contributed by atoms with Crippen LogP contribution in [-0.2, 0) is 4.74 Å². The van der Waals surface area contributed by atoms with Gasteiger partial charge in [0.25, 0.3) is 0 Å².